The number of amides is 1. The Bertz CT molecular complexity index is 255. The third kappa shape index (κ3) is 1.66. The summed E-state index contributed by atoms with van der Waals surface area (Å²) in [6.45, 7) is 1.53. The lowest BCUT2D eigenvalue weighted by molar-refractivity contribution is -0.114. The highest BCUT2D eigenvalue weighted by molar-refractivity contribution is 5.96. The van der Waals surface area contributed by atoms with Crippen molar-refractivity contribution in [3.05, 3.63) is 11.4 Å². The first-order valence-electron chi connectivity index (χ1n) is 3.67. The molecule has 12 heavy (non-hydrogen) atoms. The van der Waals surface area contributed by atoms with Gasteiger partial charge in [-0.2, -0.15) is 5.26 Å². The maximum absolute atomic E-state index is 10.7. The molecule has 1 aliphatic heterocycles. The molecule has 0 saturated carbocycles. The molecule has 1 amide bonds. The summed E-state index contributed by atoms with van der Waals surface area (Å²) < 4.78 is 0. The average molecular weight is 166 g/mol. The molecule has 0 aromatic heterocycles. The zero-order valence-corrected chi connectivity index (χ0v) is 6.55. The SMILES string of the molecule is N#CC(C(N)=O)=C1NCCCN1. The second kappa shape index (κ2) is 3.62. The van der Waals surface area contributed by atoms with E-state index in [2.05, 4.69) is 10.6 Å². The van der Waals surface area contributed by atoms with Gasteiger partial charge in [0.15, 0.2) is 5.57 Å². The molecule has 0 radical (unpaired) electrons. The van der Waals surface area contributed by atoms with E-state index in [0.717, 1.165) is 19.5 Å². The van der Waals surface area contributed by atoms with Gasteiger partial charge >= 0.3 is 0 Å². The third-order valence-electron chi connectivity index (χ3n) is 1.57. The van der Waals surface area contributed by atoms with E-state index in [1.807, 2.05) is 0 Å². The van der Waals surface area contributed by atoms with Crippen LogP contribution in [0.5, 0.6) is 0 Å². The molecule has 1 fully saturated rings. The fourth-order valence-electron chi connectivity index (χ4n) is 0.989. The standard InChI is InChI=1S/C7H10N4O/c8-4-5(6(9)12)7-10-2-1-3-11-7/h10-11H,1-3H2,(H2,9,12). The van der Waals surface area contributed by atoms with Crippen molar-refractivity contribution in [3.63, 3.8) is 0 Å². The van der Waals surface area contributed by atoms with Crippen LogP contribution in [0.15, 0.2) is 11.4 Å². The molecule has 0 aromatic carbocycles. The first-order chi connectivity index (χ1) is 5.75. The van der Waals surface area contributed by atoms with Crippen molar-refractivity contribution in [2.24, 2.45) is 5.73 Å². The first kappa shape index (κ1) is 8.40. The zero-order chi connectivity index (χ0) is 8.97. The van der Waals surface area contributed by atoms with E-state index in [1.165, 1.54) is 0 Å². The lowest BCUT2D eigenvalue weighted by Crippen LogP contribution is -2.38. The fourth-order valence-corrected chi connectivity index (χ4v) is 0.989. The molecule has 5 heteroatoms. The van der Waals surface area contributed by atoms with Gasteiger partial charge in [0.1, 0.15) is 11.9 Å². The highest BCUT2D eigenvalue weighted by atomic mass is 16.1. The largest absolute Gasteiger partial charge is 0.371 e. The molecular weight excluding hydrogens is 156 g/mol. The Balaban J connectivity index is 2.84. The van der Waals surface area contributed by atoms with Crippen LogP contribution in [0.25, 0.3) is 0 Å². The Morgan fingerprint density at radius 3 is 2.50 bits per heavy atom. The highest BCUT2D eigenvalue weighted by Gasteiger charge is 2.13. The quantitative estimate of drug-likeness (QED) is 0.336. The van der Waals surface area contributed by atoms with Crippen LogP contribution in [0.4, 0.5) is 0 Å². The van der Waals surface area contributed by atoms with Gasteiger partial charge < -0.3 is 16.4 Å². The second-order valence-electron chi connectivity index (χ2n) is 2.43. The van der Waals surface area contributed by atoms with Crippen molar-refractivity contribution in [2.75, 3.05) is 13.1 Å². The molecule has 64 valence electrons. The number of nitrogens with zero attached hydrogens (tertiary/aromatic N) is 1. The number of rotatable bonds is 1. The number of hydrogen-bond donors (Lipinski definition) is 3. The Labute approximate surface area is 70.2 Å². The molecule has 5 nitrogen and oxygen atoms in total. The van der Waals surface area contributed by atoms with Crippen molar-refractivity contribution in [1.29, 1.82) is 5.26 Å². The molecule has 1 saturated heterocycles. The van der Waals surface area contributed by atoms with Crippen LogP contribution in [-0.2, 0) is 4.79 Å². The van der Waals surface area contributed by atoms with E-state index in [-0.39, 0.29) is 5.57 Å². The molecule has 1 heterocycles. The Hall–Kier alpha value is -1.70. The lowest BCUT2D eigenvalue weighted by atomic mass is 10.2. The summed E-state index contributed by atoms with van der Waals surface area (Å²) in [5.74, 6) is -0.245. The van der Waals surface area contributed by atoms with Crippen LogP contribution >= 0.6 is 0 Å². The topological polar surface area (TPSA) is 90.9 Å². The predicted molar refractivity (Wildman–Crippen MR) is 42.5 cm³/mol. The fraction of sp³-hybridized carbons (Fsp3) is 0.429. The van der Waals surface area contributed by atoms with Crippen LogP contribution in [0.1, 0.15) is 6.42 Å². The smallest absolute Gasteiger partial charge is 0.263 e. The van der Waals surface area contributed by atoms with Gasteiger partial charge in [0.05, 0.1) is 0 Å². The van der Waals surface area contributed by atoms with E-state index in [1.54, 1.807) is 6.07 Å². The number of nitriles is 1. The molecule has 0 aliphatic carbocycles. The molecule has 1 rings (SSSR count). The van der Waals surface area contributed by atoms with E-state index in [0.29, 0.717) is 5.82 Å². The molecule has 4 N–H and O–H groups in total. The second-order valence-corrected chi connectivity index (χ2v) is 2.43. The van der Waals surface area contributed by atoms with E-state index >= 15 is 0 Å². The van der Waals surface area contributed by atoms with Gasteiger partial charge in [0, 0.05) is 13.1 Å². The summed E-state index contributed by atoms with van der Waals surface area (Å²) in [7, 11) is 0. The first-order valence-corrected chi connectivity index (χ1v) is 3.67. The number of primary amides is 1. The van der Waals surface area contributed by atoms with E-state index in [4.69, 9.17) is 11.0 Å². The van der Waals surface area contributed by atoms with Crippen LogP contribution in [0.2, 0.25) is 0 Å². The van der Waals surface area contributed by atoms with Crippen molar-refractivity contribution < 1.29 is 4.79 Å². The van der Waals surface area contributed by atoms with Crippen molar-refractivity contribution in [2.45, 2.75) is 6.42 Å². The number of carbonyl (C=O) groups excluding carboxylic acids is 1. The van der Waals surface area contributed by atoms with Gasteiger partial charge in [-0.15, -0.1) is 0 Å². The maximum Gasteiger partial charge on any atom is 0.263 e. The minimum atomic E-state index is -0.700. The number of hydrogen-bond acceptors (Lipinski definition) is 4. The molecule has 0 unspecified atom stereocenters. The summed E-state index contributed by atoms with van der Waals surface area (Å²) in [5, 5.41) is 14.4. The minimum absolute atomic E-state index is 0.0327. The van der Waals surface area contributed by atoms with Gasteiger partial charge in [-0.25, -0.2) is 0 Å². The van der Waals surface area contributed by atoms with Crippen molar-refractivity contribution in [1.82, 2.24) is 10.6 Å². The van der Waals surface area contributed by atoms with Crippen LogP contribution in [0.3, 0.4) is 0 Å². The molecular formula is C7H10N4O. The predicted octanol–water partition coefficient (Wildman–Crippen LogP) is -1.21. The number of carbonyl (C=O) groups is 1. The summed E-state index contributed by atoms with van der Waals surface area (Å²) in [6, 6.07) is 1.75. The molecule has 0 spiro atoms. The third-order valence-corrected chi connectivity index (χ3v) is 1.57. The van der Waals surface area contributed by atoms with Crippen LogP contribution in [-0.4, -0.2) is 19.0 Å². The van der Waals surface area contributed by atoms with Crippen molar-refractivity contribution in [3.8, 4) is 6.07 Å². The normalized spacial score (nSPS) is 15.4. The van der Waals surface area contributed by atoms with Gasteiger partial charge in [-0.05, 0) is 6.42 Å². The summed E-state index contributed by atoms with van der Waals surface area (Å²) in [6.07, 6.45) is 0.973. The van der Waals surface area contributed by atoms with Gasteiger partial charge in [-0.3, -0.25) is 4.79 Å². The monoisotopic (exact) mass is 166 g/mol. The average Bonchev–Trinajstić information content (AvgIpc) is 2.07. The zero-order valence-electron chi connectivity index (χ0n) is 6.55. The molecule has 0 aromatic rings. The van der Waals surface area contributed by atoms with Crippen LogP contribution in [0, 0.1) is 11.3 Å². The minimum Gasteiger partial charge on any atom is -0.371 e. The number of nitrogens with one attached hydrogen (secondary N) is 2. The van der Waals surface area contributed by atoms with E-state index < -0.39 is 5.91 Å². The summed E-state index contributed by atoms with van der Waals surface area (Å²) >= 11 is 0. The highest BCUT2D eigenvalue weighted by Crippen LogP contribution is 1.99. The molecule has 0 atom stereocenters. The van der Waals surface area contributed by atoms with E-state index in [9.17, 15) is 4.79 Å². The van der Waals surface area contributed by atoms with Gasteiger partial charge in [0.25, 0.3) is 5.91 Å². The Kier molecular flexibility index (Phi) is 2.53. The lowest BCUT2D eigenvalue weighted by Gasteiger charge is -2.19. The Morgan fingerprint density at radius 1 is 1.50 bits per heavy atom. The summed E-state index contributed by atoms with van der Waals surface area (Å²) in [4.78, 5) is 10.7. The maximum atomic E-state index is 10.7. The van der Waals surface area contributed by atoms with Crippen molar-refractivity contribution >= 4 is 5.91 Å². The number of nitrogens with two attached hydrogens (primary N) is 1. The van der Waals surface area contributed by atoms with Gasteiger partial charge in [0.2, 0.25) is 0 Å². The molecule has 1 aliphatic rings. The van der Waals surface area contributed by atoms with Gasteiger partial charge in [-0.1, -0.05) is 0 Å². The van der Waals surface area contributed by atoms with Crippen LogP contribution < -0.4 is 16.4 Å². The molecule has 0 bridgehead atoms. The summed E-state index contributed by atoms with van der Waals surface area (Å²) in [5.41, 5.74) is 4.95. The Morgan fingerprint density at radius 2 is 2.08 bits per heavy atom.